The monoisotopic (exact) mass is 242 g/mol. The summed E-state index contributed by atoms with van der Waals surface area (Å²) < 4.78 is 6.35. The Balaban J connectivity index is 2.17. The molecule has 1 fully saturated rings. The van der Waals surface area contributed by atoms with Crippen LogP contribution in [0.15, 0.2) is 21.2 Å². The van der Waals surface area contributed by atoms with Crippen LogP contribution < -0.4 is 0 Å². The van der Waals surface area contributed by atoms with Crippen molar-refractivity contribution in [2.45, 2.75) is 31.6 Å². The predicted molar refractivity (Wildman–Crippen MR) is 52.6 cm³/mol. The van der Waals surface area contributed by atoms with Gasteiger partial charge in [0.05, 0.1) is 10.7 Å². The van der Waals surface area contributed by atoms with E-state index in [4.69, 9.17) is 4.42 Å². The molecule has 0 saturated heterocycles. The Kier molecular flexibility index (Phi) is 2.54. The molecule has 1 aliphatic rings. The van der Waals surface area contributed by atoms with E-state index in [1.165, 1.54) is 0 Å². The standard InChI is InChI=1S/C10H11BrO2/c11-9-4-5-13-10(9)7-2-1-3-8(12)6-7/h4-5,7H,1-3,6H2. The molecular formula is C10H11BrO2. The highest BCUT2D eigenvalue weighted by molar-refractivity contribution is 9.10. The number of hydrogen-bond donors (Lipinski definition) is 0. The summed E-state index contributed by atoms with van der Waals surface area (Å²) in [7, 11) is 0. The molecule has 0 N–H and O–H groups in total. The second kappa shape index (κ2) is 3.66. The summed E-state index contributed by atoms with van der Waals surface area (Å²) in [5.74, 6) is 1.60. The summed E-state index contributed by atoms with van der Waals surface area (Å²) >= 11 is 3.42. The summed E-state index contributed by atoms with van der Waals surface area (Å²) in [6.07, 6.45) is 5.12. The first-order valence-electron chi connectivity index (χ1n) is 4.52. The molecule has 0 amide bonds. The fourth-order valence-electron chi connectivity index (χ4n) is 1.85. The van der Waals surface area contributed by atoms with Crippen molar-refractivity contribution in [2.75, 3.05) is 0 Å². The van der Waals surface area contributed by atoms with Gasteiger partial charge >= 0.3 is 0 Å². The first-order chi connectivity index (χ1) is 6.27. The van der Waals surface area contributed by atoms with Gasteiger partial charge in [-0.1, -0.05) is 0 Å². The number of hydrogen-bond acceptors (Lipinski definition) is 2. The van der Waals surface area contributed by atoms with Crippen molar-refractivity contribution in [3.8, 4) is 0 Å². The molecule has 0 spiro atoms. The van der Waals surface area contributed by atoms with Crippen LogP contribution in [-0.4, -0.2) is 5.78 Å². The zero-order chi connectivity index (χ0) is 9.26. The van der Waals surface area contributed by atoms with E-state index >= 15 is 0 Å². The topological polar surface area (TPSA) is 30.2 Å². The molecule has 0 radical (unpaired) electrons. The fourth-order valence-corrected chi connectivity index (χ4v) is 2.37. The highest BCUT2D eigenvalue weighted by atomic mass is 79.9. The molecule has 1 atom stereocenters. The van der Waals surface area contributed by atoms with Crippen molar-refractivity contribution in [2.24, 2.45) is 0 Å². The highest BCUT2D eigenvalue weighted by Gasteiger charge is 2.24. The SMILES string of the molecule is O=C1CCCC(c2occc2Br)C1. The minimum Gasteiger partial charge on any atom is -0.468 e. The largest absolute Gasteiger partial charge is 0.468 e. The lowest BCUT2D eigenvalue weighted by atomic mass is 9.87. The minimum atomic E-state index is 0.297. The average molecular weight is 243 g/mol. The number of carbonyl (C=O) groups is 1. The molecule has 1 heterocycles. The molecule has 1 saturated carbocycles. The first kappa shape index (κ1) is 9.00. The van der Waals surface area contributed by atoms with Crippen molar-refractivity contribution in [1.29, 1.82) is 0 Å². The maximum absolute atomic E-state index is 11.2. The van der Waals surface area contributed by atoms with Gasteiger partial charge in [0.25, 0.3) is 0 Å². The lowest BCUT2D eigenvalue weighted by Gasteiger charge is -2.18. The molecule has 2 rings (SSSR count). The highest BCUT2D eigenvalue weighted by Crippen LogP contribution is 2.35. The van der Waals surface area contributed by atoms with Gasteiger partial charge in [0.1, 0.15) is 11.5 Å². The molecule has 2 nitrogen and oxygen atoms in total. The quantitative estimate of drug-likeness (QED) is 0.757. The van der Waals surface area contributed by atoms with Crippen LogP contribution in [0.25, 0.3) is 0 Å². The second-order valence-corrected chi connectivity index (χ2v) is 4.32. The molecule has 1 aromatic heterocycles. The van der Waals surface area contributed by atoms with Crippen molar-refractivity contribution in [1.82, 2.24) is 0 Å². The fraction of sp³-hybridized carbons (Fsp3) is 0.500. The third kappa shape index (κ3) is 1.85. The van der Waals surface area contributed by atoms with E-state index < -0.39 is 0 Å². The number of ketones is 1. The summed E-state index contributed by atoms with van der Waals surface area (Å²) in [6, 6.07) is 1.88. The Morgan fingerprint density at radius 3 is 3.00 bits per heavy atom. The van der Waals surface area contributed by atoms with Crippen LogP contribution >= 0.6 is 15.9 Å². The lowest BCUT2D eigenvalue weighted by Crippen LogP contribution is -2.13. The zero-order valence-electron chi connectivity index (χ0n) is 7.25. The Morgan fingerprint density at radius 2 is 2.38 bits per heavy atom. The molecule has 0 bridgehead atoms. The van der Waals surface area contributed by atoms with E-state index in [0.29, 0.717) is 18.1 Å². The number of Topliss-reactive ketones (excluding diaryl/α,β-unsaturated/α-hetero) is 1. The molecule has 70 valence electrons. The Bertz CT molecular complexity index is 316. The van der Waals surface area contributed by atoms with Crippen LogP contribution in [-0.2, 0) is 4.79 Å². The third-order valence-corrected chi connectivity index (χ3v) is 3.15. The van der Waals surface area contributed by atoms with E-state index in [1.807, 2.05) is 6.07 Å². The van der Waals surface area contributed by atoms with Gasteiger partial charge in [-0.05, 0) is 34.8 Å². The summed E-state index contributed by atoms with van der Waals surface area (Å²) in [4.78, 5) is 11.2. The van der Waals surface area contributed by atoms with Gasteiger partial charge in [-0.2, -0.15) is 0 Å². The number of carbonyl (C=O) groups excluding carboxylic acids is 1. The van der Waals surface area contributed by atoms with Crippen LogP contribution in [0.2, 0.25) is 0 Å². The summed E-state index contributed by atoms with van der Waals surface area (Å²) in [6.45, 7) is 0. The second-order valence-electron chi connectivity index (χ2n) is 3.46. The predicted octanol–water partition coefficient (Wildman–Crippen LogP) is 3.27. The maximum atomic E-state index is 11.2. The van der Waals surface area contributed by atoms with E-state index in [1.54, 1.807) is 6.26 Å². The maximum Gasteiger partial charge on any atom is 0.133 e. The lowest BCUT2D eigenvalue weighted by molar-refractivity contribution is -0.120. The van der Waals surface area contributed by atoms with Gasteiger partial charge in [-0.25, -0.2) is 0 Å². The van der Waals surface area contributed by atoms with Crippen molar-refractivity contribution in [3.63, 3.8) is 0 Å². The molecule has 1 unspecified atom stereocenters. The number of halogens is 1. The Morgan fingerprint density at radius 1 is 1.54 bits per heavy atom. The molecule has 3 heteroatoms. The Labute approximate surface area is 85.4 Å². The van der Waals surface area contributed by atoms with Crippen LogP contribution in [0.4, 0.5) is 0 Å². The molecule has 13 heavy (non-hydrogen) atoms. The van der Waals surface area contributed by atoms with Crippen LogP contribution in [0.1, 0.15) is 37.4 Å². The van der Waals surface area contributed by atoms with E-state index in [-0.39, 0.29) is 0 Å². The van der Waals surface area contributed by atoms with Gasteiger partial charge in [0, 0.05) is 18.8 Å². The van der Waals surface area contributed by atoms with Crippen LogP contribution in [0.3, 0.4) is 0 Å². The molecule has 1 aliphatic carbocycles. The first-order valence-corrected chi connectivity index (χ1v) is 5.31. The molecule has 0 aromatic carbocycles. The normalized spacial score (nSPS) is 23.5. The molecular weight excluding hydrogens is 232 g/mol. The summed E-state index contributed by atoms with van der Waals surface area (Å²) in [5.41, 5.74) is 0. The van der Waals surface area contributed by atoms with Gasteiger partial charge in [0.2, 0.25) is 0 Å². The van der Waals surface area contributed by atoms with Crippen molar-refractivity contribution >= 4 is 21.7 Å². The van der Waals surface area contributed by atoms with E-state index in [2.05, 4.69) is 15.9 Å². The van der Waals surface area contributed by atoms with Gasteiger partial charge in [-0.15, -0.1) is 0 Å². The van der Waals surface area contributed by atoms with Crippen molar-refractivity contribution < 1.29 is 9.21 Å². The van der Waals surface area contributed by atoms with Crippen LogP contribution in [0, 0.1) is 0 Å². The van der Waals surface area contributed by atoms with Gasteiger partial charge in [-0.3, -0.25) is 4.79 Å². The van der Waals surface area contributed by atoms with Gasteiger partial charge in [0.15, 0.2) is 0 Å². The number of furan rings is 1. The van der Waals surface area contributed by atoms with Gasteiger partial charge < -0.3 is 4.42 Å². The molecule has 0 aliphatic heterocycles. The van der Waals surface area contributed by atoms with Crippen LogP contribution in [0.5, 0.6) is 0 Å². The van der Waals surface area contributed by atoms with Crippen molar-refractivity contribution in [3.05, 3.63) is 22.6 Å². The van der Waals surface area contributed by atoms with E-state index in [0.717, 1.165) is 29.5 Å². The number of rotatable bonds is 1. The van der Waals surface area contributed by atoms with E-state index in [9.17, 15) is 4.79 Å². The smallest absolute Gasteiger partial charge is 0.133 e. The average Bonchev–Trinajstić information content (AvgIpc) is 2.51. The third-order valence-electron chi connectivity index (χ3n) is 2.50. The zero-order valence-corrected chi connectivity index (χ0v) is 8.84. The minimum absolute atomic E-state index is 0.297. The Hall–Kier alpha value is -0.570. The molecule has 1 aromatic rings. The summed E-state index contributed by atoms with van der Waals surface area (Å²) in [5, 5.41) is 0.